The smallest absolute Gasteiger partial charge is 0.296 e. The molecular formula is C16H12N2Na2O7S2. The summed E-state index contributed by atoms with van der Waals surface area (Å²) in [5.41, 5.74) is -0.341. The van der Waals surface area contributed by atoms with Crippen LogP contribution in [0.15, 0.2) is 74.6 Å². The van der Waals surface area contributed by atoms with Crippen LogP contribution in [0.5, 0.6) is 5.75 Å². The monoisotopic (exact) mass is 454 g/mol. The molecule has 2 radical (unpaired) electrons. The first-order valence-corrected chi connectivity index (χ1v) is 10.2. The number of aromatic hydroxyl groups is 1. The van der Waals surface area contributed by atoms with Crippen LogP contribution in [0.4, 0.5) is 11.4 Å². The molecule has 29 heavy (non-hydrogen) atoms. The molecule has 3 aromatic rings. The Morgan fingerprint density at radius 1 is 0.724 bits per heavy atom. The molecule has 0 heterocycles. The summed E-state index contributed by atoms with van der Waals surface area (Å²) >= 11 is 0. The largest absolute Gasteiger partial charge is 0.505 e. The third-order valence-corrected chi connectivity index (χ3v) is 5.38. The van der Waals surface area contributed by atoms with Crippen LogP contribution in [-0.4, -0.2) is 90.2 Å². The van der Waals surface area contributed by atoms with E-state index >= 15 is 0 Å². The maximum atomic E-state index is 11.7. The second-order valence-electron chi connectivity index (χ2n) is 5.41. The van der Waals surface area contributed by atoms with Gasteiger partial charge in [-0.05, 0) is 29.7 Å². The molecular weight excluding hydrogens is 442 g/mol. The molecule has 0 aliphatic carbocycles. The summed E-state index contributed by atoms with van der Waals surface area (Å²) in [4.78, 5) is -1.41. The number of hydrogen-bond donors (Lipinski definition) is 3. The van der Waals surface area contributed by atoms with Gasteiger partial charge in [0.15, 0.2) is 5.75 Å². The van der Waals surface area contributed by atoms with E-state index in [4.69, 9.17) is 0 Å². The number of nitrogens with zero attached hydrogens (tertiary/aromatic N) is 2. The fourth-order valence-electron chi connectivity index (χ4n) is 2.48. The quantitative estimate of drug-likeness (QED) is 0.311. The number of phenolic OH excluding ortho intramolecular Hbond substituents is 1. The molecule has 0 bridgehead atoms. The first kappa shape index (κ1) is 26.2. The minimum absolute atomic E-state index is 0. The molecule has 3 aromatic carbocycles. The Kier molecular flexibility index (Phi) is 8.99. The number of benzene rings is 3. The van der Waals surface area contributed by atoms with Crippen molar-refractivity contribution < 1.29 is 31.0 Å². The molecule has 3 N–H and O–H groups in total. The van der Waals surface area contributed by atoms with Gasteiger partial charge in [0, 0.05) is 64.5 Å². The van der Waals surface area contributed by atoms with Crippen LogP contribution in [0.25, 0.3) is 10.8 Å². The molecule has 0 amide bonds. The third kappa shape index (κ3) is 5.85. The Bertz CT molecular complexity index is 1280. The minimum atomic E-state index is -4.83. The van der Waals surface area contributed by atoms with E-state index in [1.54, 1.807) is 30.3 Å². The van der Waals surface area contributed by atoms with Crippen molar-refractivity contribution in [2.45, 2.75) is 9.79 Å². The number of hydrogen-bond acceptors (Lipinski definition) is 7. The van der Waals surface area contributed by atoms with Crippen molar-refractivity contribution in [1.29, 1.82) is 0 Å². The molecule has 0 aromatic heterocycles. The molecule has 0 fully saturated rings. The molecule has 0 saturated carbocycles. The average Bonchev–Trinajstić information content (AvgIpc) is 2.59. The Balaban J connectivity index is 0.00000210. The van der Waals surface area contributed by atoms with Gasteiger partial charge in [-0.2, -0.15) is 21.9 Å². The van der Waals surface area contributed by atoms with Gasteiger partial charge in [0.1, 0.15) is 15.5 Å². The predicted molar refractivity (Wildman–Crippen MR) is 107 cm³/mol. The van der Waals surface area contributed by atoms with Crippen molar-refractivity contribution >= 4 is 101 Å². The van der Waals surface area contributed by atoms with Gasteiger partial charge < -0.3 is 5.11 Å². The third-order valence-electron chi connectivity index (χ3n) is 3.62. The molecule has 0 spiro atoms. The predicted octanol–water partition coefficient (Wildman–Crippen LogP) is 2.69. The first-order chi connectivity index (χ1) is 12.6. The Labute approximate surface area is 210 Å². The fraction of sp³-hybridized carbons (Fsp3) is 0. The Hall–Kier alpha value is -0.860. The Morgan fingerprint density at radius 3 is 1.86 bits per heavy atom. The van der Waals surface area contributed by atoms with Crippen molar-refractivity contribution in [1.82, 2.24) is 0 Å². The number of phenols is 1. The minimum Gasteiger partial charge on any atom is -0.505 e. The van der Waals surface area contributed by atoms with Gasteiger partial charge in [0.05, 0.1) is 5.69 Å². The second kappa shape index (κ2) is 9.96. The van der Waals surface area contributed by atoms with Crippen LogP contribution >= 0.6 is 0 Å². The SMILES string of the molecule is O=S(=O)(O)c1cc2cccc(S(=O)(=O)O)c2c(O)c1N=Nc1ccccc1.[Na].[Na]. The van der Waals surface area contributed by atoms with Gasteiger partial charge in [-0.1, -0.05) is 30.3 Å². The summed E-state index contributed by atoms with van der Waals surface area (Å²) in [6.45, 7) is 0. The average molecular weight is 454 g/mol. The second-order valence-corrected chi connectivity index (χ2v) is 8.19. The van der Waals surface area contributed by atoms with Crippen LogP contribution in [-0.2, 0) is 20.2 Å². The van der Waals surface area contributed by atoms with Crippen LogP contribution in [0.3, 0.4) is 0 Å². The summed E-state index contributed by atoms with van der Waals surface area (Å²) < 4.78 is 65.5. The molecule has 0 aliphatic rings. The summed E-state index contributed by atoms with van der Waals surface area (Å²) in [7, 11) is -9.55. The number of azo groups is 1. The van der Waals surface area contributed by atoms with E-state index < -0.39 is 41.5 Å². The van der Waals surface area contributed by atoms with Gasteiger partial charge in [-0.25, -0.2) is 0 Å². The van der Waals surface area contributed by atoms with Gasteiger partial charge in [0.2, 0.25) is 0 Å². The molecule has 0 atom stereocenters. The molecule has 0 aliphatic heterocycles. The first-order valence-electron chi connectivity index (χ1n) is 7.29. The van der Waals surface area contributed by atoms with Gasteiger partial charge in [-0.15, -0.1) is 5.11 Å². The Morgan fingerprint density at radius 2 is 1.31 bits per heavy atom. The number of fused-ring (bicyclic) bond motifs is 1. The zero-order valence-corrected chi connectivity index (χ0v) is 21.0. The summed E-state index contributed by atoms with van der Waals surface area (Å²) in [6.07, 6.45) is 0. The van der Waals surface area contributed by atoms with Crippen LogP contribution in [0.1, 0.15) is 0 Å². The summed E-state index contributed by atoms with van der Waals surface area (Å²) in [6, 6.07) is 12.6. The van der Waals surface area contributed by atoms with Crippen LogP contribution < -0.4 is 0 Å². The van der Waals surface area contributed by atoms with E-state index in [9.17, 15) is 31.0 Å². The van der Waals surface area contributed by atoms with E-state index in [2.05, 4.69) is 10.2 Å². The topological polar surface area (TPSA) is 154 Å². The zero-order valence-electron chi connectivity index (χ0n) is 15.4. The van der Waals surface area contributed by atoms with Gasteiger partial charge in [-0.3, -0.25) is 9.11 Å². The zero-order chi connectivity index (χ0) is 19.8. The molecule has 0 unspecified atom stereocenters. The molecule has 0 saturated heterocycles. The molecule has 142 valence electrons. The van der Waals surface area contributed by atoms with E-state index in [0.29, 0.717) is 5.69 Å². The maximum Gasteiger partial charge on any atom is 0.296 e. The molecule has 13 heteroatoms. The van der Waals surface area contributed by atoms with Crippen molar-refractivity contribution in [3.63, 3.8) is 0 Å². The van der Waals surface area contributed by atoms with Crippen molar-refractivity contribution in [2.24, 2.45) is 10.2 Å². The van der Waals surface area contributed by atoms with E-state index in [1.807, 2.05) is 0 Å². The van der Waals surface area contributed by atoms with E-state index in [-0.39, 0.29) is 69.9 Å². The number of rotatable bonds is 4. The van der Waals surface area contributed by atoms with Gasteiger partial charge >= 0.3 is 0 Å². The van der Waals surface area contributed by atoms with Crippen LogP contribution in [0.2, 0.25) is 0 Å². The van der Waals surface area contributed by atoms with E-state index in [1.165, 1.54) is 12.1 Å². The maximum absolute atomic E-state index is 11.7. The van der Waals surface area contributed by atoms with Crippen molar-refractivity contribution in [2.75, 3.05) is 0 Å². The van der Waals surface area contributed by atoms with E-state index in [0.717, 1.165) is 12.1 Å². The fourth-order valence-corrected chi connectivity index (χ4v) is 3.86. The summed E-state index contributed by atoms with van der Waals surface area (Å²) in [5.74, 6) is -0.868. The van der Waals surface area contributed by atoms with Gasteiger partial charge in [0.25, 0.3) is 20.2 Å². The normalized spacial score (nSPS) is 11.8. The molecule has 3 rings (SSSR count). The standard InChI is InChI=1S/C16H12N2O7S2.2Na/c19-16-14-10(5-4-8-12(14)26(20,21)22)9-13(27(23,24)25)15(16)18-17-11-6-2-1-3-7-11;;/h1-9,19H,(H,20,21,22)(H,23,24,25);;. The van der Waals surface area contributed by atoms with Crippen LogP contribution in [0, 0.1) is 0 Å². The molecule has 9 nitrogen and oxygen atoms in total. The summed E-state index contributed by atoms with van der Waals surface area (Å²) in [5, 5.41) is 17.6. The van der Waals surface area contributed by atoms with Crippen molar-refractivity contribution in [3.8, 4) is 5.75 Å². The van der Waals surface area contributed by atoms with Crippen molar-refractivity contribution in [3.05, 3.63) is 54.6 Å².